The average molecular weight is 259 g/mol. The molecule has 1 heterocycles. The lowest BCUT2D eigenvalue weighted by atomic mass is 10.2. The van der Waals surface area contributed by atoms with E-state index in [0.717, 1.165) is 6.07 Å². The van der Waals surface area contributed by atoms with Gasteiger partial charge in [0.2, 0.25) is 0 Å². The van der Waals surface area contributed by atoms with Crippen LogP contribution >= 0.6 is 15.9 Å². The molecule has 72 valence electrons. The zero-order valence-corrected chi connectivity index (χ0v) is 8.48. The number of halogens is 3. The lowest BCUT2D eigenvalue weighted by Gasteiger charge is -2.03. The summed E-state index contributed by atoms with van der Waals surface area (Å²) in [4.78, 5) is 3.79. The maximum Gasteiger partial charge on any atom is 0.152 e. The highest BCUT2D eigenvalue weighted by molar-refractivity contribution is 9.10. The van der Waals surface area contributed by atoms with Gasteiger partial charge in [0, 0.05) is 11.5 Å². The Bertz CT molecular complexity index is 514. The van der Waals surface area contributed by atoms with Crippen LogP contribution in [0.5, 0.6) is 0 Å². The Morgan fingerprint density at radius 3 is 2.64 bits per heavy atom. The fraction of sp³-hybridized carbons (Fsp3) is 0. The molecule has 2 aromatic rings. The smallest absolute Gasteiger partial charge is 0.152 e. The van der Waals surface area contributed by atoms with Crippen molar-refractivity contribution in [1.82, 2.24) is 4.98 Å². The summed E-state index contributed by atoms with van der Waals surface area (Å²) in [6.45, 7) is 0. The number of hydrogen-bond donors (Lipinski definition) is 1. The number of fused-ring (bicyclic) bond motifs is 1. The lowest BCUT2D eigenvalue weighted by molar-refractivity contribution is 0.586. The quantitative estimate of drug-likeness (QED) is 0.739. The summed E-state index contributed by atoms with van der Waals surface area (Å²) in [6.07, 6.45) is 1.33. The van der Waals surface area contributed by atoms with Gasteiger partial charge in [-0.1, -0.05) is 0 Å². The Kier molecular flexibility index (Phi) is 2.11. The topological polar surface area (TPSA) is 38.9 Å². The van der Waals surface area contributed by atoms with E-state index in [0.29, 0.717) is 11.1 Å². The summed E-state index contributed by atoms with van der Waals surface area (Å²) < 4.78 is 26.5. The number of rotatable bonds is 0. The summed E-state index contributed by atoms with van der Waals surface area (Å²) in [7, 11) is 0. The first-order chi connectivity index (χ1) is 6.59. The number of nitrogens with zero attached hydrogens (tertiary/aromatic N) is 1. The van der Waals surface area contributed by atoms with E-state index < -0.39 is 11.6 Å². The fourth-order valence-electron chi connectivity index (χ4n) is 1.21. The third kappa shape index (κ3) is 1.33. The van der Waals surface area contributed by atoms with Crippen LogP contribution < -0.4 is 5.73 Å². The van der Waals surface area contributed by atoms with Gasteiger partial charge in [-0.05, 0) is 22.0 Å². The molecule has 0 radical (unpaired) electrons. The number of hydrogen-bond acceptors (Lipinski definition) is 2. The summed E-state index contributed by atoms with van der Waals surface area (Å²) in [5, 5.41) is 0.336. The van der Waals surface area contributed by atoms with Crippen LogP contribution in [-0.2, 0) is 0 Å². The molecule has 0 saturated heterocycles. The highest BCUT2D eigenvalue weighted by atomic mass is 79.9. The molecule has 0 spiro atoms. The molecule has 2 nitrogen and oxygen atoms in total. The maximum absolute atomic E-state index is 13.2. The van der Waals surface area contributed by atoms with Gasteiger partial charge in [0.15, 0.2) is 5.82 Å². The minimum Gasteiger partial charge on any atom is -0.397 e. The van der Waals surface area contributed by atoms with Crippen molar-refractivity contribution < 1.29 is 8.78 Å². The van der Waals surface area contributed by atoms with E-state index in [9.17, 15) is 8.78 Å². The Balaban J connectivity index is 2.95. The molecule has 0 bridgehead atoms. The number of aromatic nitrogens is 1. The second-order valence-electron chi connectivity index (χ2n) is 2.82. The SMILES string of the molecule is Nc1cnc2c(F)cc(F)c(Br)c2c1. The molecule has 0 saturated carbocycles. The lowest BCUT2D eigenvalue weighted by Crippen LogP contribution is -1.92. The van der Waals surface area contributed by atoms with Gasteiger partial charge >= 0.3 is 0 Å². The third-order valence-corrected chi connectivity index (χ3v) is 2.64. The zero-order valence-electron chi connectivity index (χ0n) is 6.89. The molecule has 0 aliphatic heterocycles. The molecule has 1 aromatic heterocycles. The van der Waals surface area contributed by atoms with Gasteiger partial charge in [-0.25, -0.2) is 8.78 Å². The normalized spacial score (nSPS) is 10.8. The minimum absolute atomic E-state index is 0.104. The number of pyridine rings is 1. The van der Waals surface area contributed by atoms with Crippen LogP contribution in [0.25, 0.3) is 10.9 Å². The molecule has 0 fully saturated rings. The summed E-state index contributed by atoms with van der Waals surface area (Å²) in [5.74, 6) is -1.36. The van der Waals surface area contributed by atoms with Gasteiger partial charge in [-0.2, -0.15) is 0 Å². The zero-order chi connectivity index (χ0) is 10.3. The second kappa shape index (κ2) is 3.16. The molecule has 0 aliphatic rings. The van der Waals surface area contributed by atoms with E-state index in [1.165, 1.54) is 12.3 Å². The van der Waals surface area contributed by atoms with Crippen molar-refractivity contribution in [2.45, 2.75) is 0 Å². The van der Waals surface area contributed by atoms with Crippen LogP contribution in [0.1, 0.15) is 0 Å². The minimum atomic E-state index is -0.694. The van der Waals surface area contributed by atoms with Crippen molar-refractivity contribution in [1.29, 1.82) is 0 Å². The molecule has 5 heteroatoms. The number of nitrogen functional groups attached to an aromatic ring is 1. The molecule has 2 rings (SSSR count). The van der Waals surface area contributed by atoms with Crippen LogP contribution in [0.15, 0.2) is 22.8 Å². The summed E-state index contributed by atoms with van der Waals surface area (Å²) in [6, 6.07) is 2.26. The molecular weight excluding hydrogens is 254 g/mol. The predicted molar refractivity (Wildman–Crippen MR) is 53.8 cm³/mol. The molecule has 0 unspecified atom stereocenters. The van der Waals surface area contributed by atoms with E-state index in [4.69, 9.17) is 5.73 Å². The molecule has 0 aliphatic carbocycles. The van der Waals surface area contributed by atoms with Crippen molar-refractivity contribution >= 4 is 32.5 Å². The Hall–Kier alpha value is -1.23. The van der Waals surface area contributed by atoms with Crippen molar-refractivity contribution in [2.24, 2.45) is 0 Å². The van der Waals surface area contributed by atoms with E-state index in [2.05, 4.69) is 20.9 Å². The Morgan fingerprint density at radius 1 is 1.21 bits per heavy atom. The Labute approximate surface area is 86.9 Å². The van der Waals surface area contributed by atoms with Crippen LogP contribution in [0, 0.1) is 11.6 Å². The largest absolute Gasteiger partial charge is 0.397 e. The van der Waals surface area contributed by atoms with Crippen molar-refractivity contribution in [2.75, 3.05) is 5.73 Å². The van der Waals surface area contributed by atoms with Crippen LogP contribution in [0.3, 0.4) is 0 Å². The summed E-state index contributed by atoms with van der Waals surface area (Å²) in [5.41, 5.74) is 5.93. The van der Waals surface area contributed by atoms with Crippen molar-refractivity contribution in [3.63, 3.8) is 0 Å². The van der Waals surface area contributed by atoms with Gasteiger partial charge in [0.1, 0.15) is 11.3 Å². The van der Waals surface area contributed by atoms with E-state index in [-0.39, 0.29) is 9.99 Å². The molecule has 1 aromatic carbocycles. The fourth-order valence-corrected chi connectivity index (χ4v) is 1.63. The monoisotopic (exact) mass is 258 g/mol. The van der Waals surface area contributed by atoms with Gasteiger partial charge in [-0.3, -0.25) is 4.98 Å². The number of nitrogens with two attached hydrogens (primary N) is 1. The maximum atomic E-state index is 13.2. The third-order valence-electron chi connectivity index (χ3n) is 1.83. The molecule has 0 amide bonds. The Morgan fingerprint density at radius 2 is 1.93 bits per heavy atom. The highest BCUT2D eigenvalue weighted by Crippen LogP contribution is 2.28. The van der Waals surface area contributed by atoms with Crippen LogP contribution in [0.4, 0.5) is 14.5 Å². The van der Waals surface area contributed by atoms with Gasteiger partial charge in [0.25, 0.3) is 0 Å². The first-order valence-electron chi connectivity index (χ1n) is 3.78. The number of anilines is 1. The molecule has 14 heavy (non-hydrogen) atoms. The second-order valence-corrected chi connectivity index (χ2v) is 3.61. The highest BCUT2D eigenvalue weighted by Gasteiger charge is 2.11. The van der Waals surface area contributed by atoms with Crippen LogP contribution in [-0.4, -0.2) is 4.98 Å². The first kappa shape index (κ1) is 9.33. The van der Waals surface area contributed by atoms with E-state index >= 15 is 0 Å². The first-order valence-corrected chi connectivity index (χ1v) is 4.57. The standard InChI is InChI=1S/C9H5BrF2N2/c10-8-5-1-4(13)3-14-9(5)7(12)2-6(8)11/h1-3H,13H2. The van der Waals surface area contributed by atoms with Gasteiger partial charge in [0.05, 0.1) is 16.4 Å². The molecular formula is C9H5BrF2N2. The number of benzene rings is 1. The van der Waals surface area contributed by atoms with Crippen LogP contribution in [0.2, 0.25) is 0 Å². The van der Waals surface area contributed by atoms with Gasteiger partial charge in [-0.15, -0.1) is 0 Å². The van der Waals surface area contributed by atoms with Crippen molar-refractivity contribution in [3.8, 4) is 0 Å². The van der Waals surface area contributed by atoms with Gasteiger partial charge < -0.3 is 5.73 Å². The van der Waals surface area contributed by atoms with E-state index in [1.54, 1.807) is 0 Å². The molecule has 0 atom stereocenters. The molecule has 2 N–H and O–H groups in total. The average Bonchev–Trinajstić information content (AvgIpc) is 2.14. The summed E-state index contributed by atoms with van der Waals surface area (Å²) >= 11 is 3.01. The predicted octanol–water partition coefficient (Wildman–Crippen LogP) is 2.86. The van der Waals surface area contributed by atoms with Crippen molar-refractivity contribution in [3.05, 3.63) is 34.4 Å². The van der Waals surface area contributed by atoms with E-state index in [1.807, 2.05) is 0 Å².